The van der Waals surface area contributed by atoms with Crippen LogP contribution in [-0.2, 0) is 6.37 Å². The molecule has 154 valence electrons. The van der Waals surface area contributed by atoms with Crippen LogP contribution in [0.25, 0.3) is 27.7 Å². The minimum Gasteiger partial charge on any atom is -0.502 e. The van der Waals surface area contributed by atoms with Crippen molar-refractivity contribution in [3.63, 3.8) is 0 Å². The Labute approximate surface area is 188 Å². The molecule has 1 aliphatic carbocycles. The summed E-state index contributed by atoms with van der Waals surface area (Å²) in [5, 5.41) is 6.57. The van der Waals surface area contributed by atoms with Crippen LogP contribution < -0.4 is 10.1 Å². The van der Waals surface area contributed by atoms with E-state index in [1.165, 1.54) is 51.1 Å². The van der Waals surface area contributed by atoms with Crippen molar-refractivity contribution in [2.75, 3.05) is 6.54 Å². The lowest BCUT2D eigenvalue weighted by Gasteiger charge is -2.13. The lowest BCUT2D eigenvalue weighted by atomic mass is 10.0. The second-order valence-corrected chi connectivity index (χ2v) is 6.79. The molecule has 1 N–H and O–H groups in total. The standard InChI is InChI=1S/C24H26N4O2/c1-5-13-26-20-11-10-17-18(20)7-6-8-19(17)23-27-24(30-28-23)16-9-12-22(29-15(2)3)21(14-16)25-4/h6-9,12,14-15,20,26H,5,10-11,13H2,1-3H3/t20-/m0/s1/i5D2,10D2,11D2,15D,20D. The summed E-state index contributed by atoms with van der Waals surface area (Å²) >= 11 is 0. The number of hydrogen-bond acceptors (Lipinski definition) is 5. The molecular weight excluding hydrogens is 376 g/mol. The smallest absolute Gasteiger partial charge is 0.256 e. The van der Waals surface area contributed by atoms with Crippen molar-refractivity contribution in [3.8, 4) is 28.6 Å². The molecule has 0 saturated heterocycles. The van der Waals surface area contributed by atoms with Crippen LogP contribution in [0.1, 0.15) is 61.6 Å². The van der Waals surface area contributed by atoms with E-state index in [-0.39, 0.29) is 46.4 Å². The van der Waals surface area contributed by atoms with E-state index in [1.54, 1.807) is 6.07 Å². The molecule has 0 fully saturated rings. The van der Waals surface area contributed by atoms with Gasteiger partial charge in [-0.3, -0.25) is 0 Å². The summed E-state index contributed by atoms with van der Waals surface area (Å²) in [6, 6.07) is 6.74. The molecule has 0 bridgehead atoms. The van der Waals surface area contributed by atoms with Crippen LogP contribution in [0.5, 0.6) is 5.75 Å². The Kier molecular flexibility index (Phi) is 3.62. The molecule has 6 heteroatoms. The van der Waals surface area contributed by atoms with Gasteiger partial charge in [0.25, 0.3) is 5.89 Å². The zero-order valence-electron chi connectivity index (χ0n) is 24.8. The minimum atomic E-state index is -2.78. The van der Waals surface area contributed by atoms with E-state index in [4.69, 9.17) is 26.8 Å². The molecule has 3 aromatic rings. The topological polar surface area (TPSA) is 64.5 Å². The average molecular weight is 411 g/mol. The van der Waals surface area contributed by atoms with Crippen LogP contribution in [0.3, 0.4) is 0 Å². The summed E-state index contributed by atoms with van der Waals surface area (Å²) in [4.78, 5) is 7.81. The van der Waals surface area contributed by atoms with Gasteiger partial charge < -0.3 is 14.6 Å². The zero-order valence-corrected chi connectivity index (χ0v) is 16.8. The predicted molar refractivity (Wildman–Crippen MR) is 117 cm³/mol. The van der Waals surface area contributed by atoms with Crippen molar-refractivity contribution < 1.29 is 20.2 Å². The summed E-state index contributed by atoms with van der Waals surface area (Å²) in [5.41, 5.74) is 0.532. The molecule has 0 amide bonds. The lowest BCUT2D eigenvalue weighted by molar-refractivity contribution is 0.244. The Morgan fingerprint density at radius 2 is 2.33 bits per heavy atom. The molecule has 1 aliphatic rings. The maximum absolute atomic E-state index is 8.92. The number of fused-ring (bicyclic) bond motifs is 1. The van der Waals surface area contributed by atoms with E-state index in [0.29, 0.717) is 5.56 Å². The summed E-state index contributed by atoms with van der Waals surface area (Å²) in [7, 11) is 0. The third-order valence-electron chi connectivity index (χ3n) is 4.40. The van der Waals surface area contributed by atoms with Crippen molar-refractivity contribution in [3.05, 3.63) is 58.9 Å². The van der Waals surface area contributed by atoms with Crippen molar-refractivity contribution in [1.29, 1.82) is 0 Å². The molecule has 4 rings (SSSR count). The summed E-state index contributed by atoms with van der Waals surface area (Å²) in [6.45, 7) is 11.4. The molecule has 0 saturated carbocycles. The van der Waals surface area contributed by atoms with Gasteiger partial charge in [-0.25, -0.2) is 4.85 Å². The molecule has 2 aromatic carbocycles. The fourth-order valence-electron chi connectivity index (χ4n) is 3.08. The number of ether oxygens (including phenoxy) is 1. The van der Waals surface area contributed by atoms with E-state index in [1.807, 2.05) is 0 Å². The van der Waals surface area contributed by atoms with Crippen LogP contribution >= 0.6 is 0 Å². The van der Waals surface area contributed by atoms with Gasteiger partial charge in [-0.1, -0.05) is 30.3 Å². The average Bonchev–Trinajstić information content (AvgIpc) is 3.34. The number of rotatable bonds is 7. The Hall–Kier alpha value is -3.17. The maximum atomic E-state index is 8.92. The Morgan fingerprint density at radius 1 is 1.47 bits per heavy atom. The quantitative estimate of drug-likeness (QED) is 0.504. The first-order chi connectivity index (χ1) is 17.4. The fourth-order valence-corrected chi connectivity index (χ4v) is 3.08. The van der Waals surface area contributed by atoms with Crippen molar-refractivity contribution >= 4 is 5.69 Å². The molecule has 6 nitrogen and oxygen atoms in total. The predicted octanol–water partition coefficient (Wildman–Crippen LogP) is 5.73. The van der Waals surface area contributed by atoms with Gasteiger partial charge in [0.1, 0.15) is 5.75 Å². The number of nitrogens with zero attached hydrogens (tertiary/aromatic N) is 3. The summed E-state index contributed by atoms with van der Waals surface area (Å²) < 4.78 is 77.7. The maximum Gasteiger partial charge on any atom is 0.256 e. The van der Waals surface area contributed by atoms with E-state index in [9.17, 15) is 0 Å². The Balaban J connectivity index is 1.78. The van der Waals surface area contributed by atoms with Gasteiger partial charge in [0.05, 0.1) is 15.4 Å². The van der Waals surface area contributed by atoms with E-state index >= 15 is 0 Å². The van der Waals surface area contributed by atoms with Crippen LogP contribution in [-0.4, -0.2) is 22.8 Å². The second kappa shape index (κ2) is 8.68. The van der Waals surface area contributed by atoms with Gasteiger partial charge in [-0.15, -0.1) is 0 Å². The summed E-state index contributed by atoms with van der Waals surface area (Å²) in [5.74, 6) is 0.203. The minimum absolute atomic E-state index is 0.00963. The number of benzene rings is 2. The largest absolute Gasteiger partial charge is 0.502 e. The van der Waals surface area contributed by atoms with Crippen LogP contribution in [0.4, 0.5) is 5.69 Å². The molecular formula is C24H26N4O2. The van der Waals surface area contributed by atoms with Gasteiger partial charge in [-0.2, -0.15) is 4.98 Å². The van der Waals surface area contributed by atoms with Gasteiger partial charge in [0, 0.05) is 25.4 Å². The highest BCUT2D eigenvalue weighted by Gasteiger charge is 2.26. The molecule has 0 spiro atoms. The monoisotopic (exact) mass is 410 g/mol. The van der Waals surface area contributed by atoms with E-state index < -0.39 is 31.2 Å². The fraction of sp³-hybridized carbons (Fsp3) is 0.375. The number of nitrogens with one attached hydrogen (secondary N) is 1. The second-order valence-electron chi connectivity index (χ2n) is 6.79. The van der Waals surface area contributed by atoms with Crippen molar-refractivity contribution in [2.24, 2.45) is 0 Å². The van der Waals surface area contributed by atoms with E-state index in [0.717, 1.165) is 0 Å². The van der Waals surface area contributed by atoms with Crippen LogP contribution in [0.2, 0.25) is 0 Å². The molecule has 0 unspecified atom stereocenters. The molecule has 1 heterocycles. The first kappa shape index (κ1) is 12.5. The lowest BCUT2D eigenvalue weighted by Crippen LogP contribution is -2.19. The van der Waals surface area contributed by atoms with Crippen LogP contribution in [0, 0.1) is 6.57 Å². The molecule has 0 aliphatic heterocycles. The third kappa shape index (κ3) is 3.94. The SMILES string of the molecule is [2H]C([2H])(C)CN[C@]1([2H])c2cccc(-c3noc(-c4ccc(OC([2H])(C)C)c([N+]#[C-])c4)n3)c2C([2H])([2H])C1([2H])[2H]. The molecule has 1 atom stereocenters. The van der Waals surface area contributed by atoms with Gasteiger partial charge in [0.2, 0.25) is 11.5 Å². The van der Waals surface area contributed by atoms with Crippen molar-refractivity contribution in [1.82, 2.24) is 15.5 Å². The number of hydrogen-bond donors (Lipinski definition) is 1. The van der Waals surface area contributed by atoms with E-state index in [2.05, 4.69) is 20.3 Å². The van der Waals surface area contributed by atoms with Crippen molar-refractivity contribution in [2.45, 2.75) is 52.0 Å². The normalized spacial score (nSPS) is 25.8. The molecule has 1 aromatic heterocycles. The highest BCUT2D eigenvalue weighted by atomic mass is 16.5. The first-order valence-electron chi connectivity index (χ1n) is 13.4. The Bertz CT molecular complexity index is 1420. The third-order valence-corrected chi connectivity index (χ3v) is 4.40. The first-order valence-corrected chi connectivity index (χ1v) is 9.35. The summed E-state index contributed by atoms with van der Waals surface area (Å²) in [6.07, 6.45) is -8.45. The highest BCUT2D eigenvalue weighted by Crippen LogP contribution is 2.38. The number of aromatic nitrogens is 2. The van der Waals surface area contributed by atoms with Gasteiger partial charge >= 0.3 is 0 Å². The van der Waals surface area contributed by atoms with Crippen LogP contribution in [0.15, 0.2) is 40.9 Å². The zero-order chi connectivity index (χ0) is 28.3. The molecule has 0 radical (unpaired) electrons. The Morgan fingerprint density at radius 3 is 3.10 bits per heavy atom. The van der Waals surface area contributed by atoms with Gasteiger partial charge in [0.15, 0.2) is 0 Å². The molecule has 30 heavy (non-hydrogen) atoms. The van der Waals surface area contributed by atoms with Gasteiger partial charge in [-0.05, 0) is 68.8 Å². The highest BCUT2D eigenvalue weighted by molar-refractivity contribution is 5.70.